The van der Waals surface area contributed by atoms with E-state index < -0.39 is 0 Å². The molecule has 0 radical (unpaired) electrons. The van der Waals surface area contributed by atoms with E-state index in [0.717, 1.165) is 37.3 Å². The van der Waals surface area contributed by atoms with Crippen molar-refractivity contribution in [2.24, 2.45) is 0 Å². The lowest BCUT2D eigenvalue weighted by atomic mass is 10.1. The molecule has 1 aromatic carbocycles. The van der Waals surface area contributed by atoms with Gasteiger partial charge in [0.1, 0.15) is 5.82 Å². The van der Waals surface area contributed by atoms with E-state index in [1.165, 1.54) is 0 Å². The molecule has 0 spiro atoms. The lowest BCUT2D eigenvalue weighted by Crippen LogP contribution is -2.48. The van der Waals surface area contributed by atoms with Gasteiger partial charge in [-0.25, -0.2) is 9.78 Å². The monoisotopic (exact) mass is 392 g/mol. The van der Waals surface area contributed by atoms with Crippen LogP contribution in [-0.4, -0.2) is 30.1 Å². The Labute approximate surface area is 163 Å². The summed E-state index contributed by atoms with van der Waals surface area (Å²) in [7, 11) is 0. The summed E-state index contributed by atoms with van der Waals surface area (Å²) in [5.74, 6) is 0.987. The van der Waals surface area contributed by atoms with Crippen LogP contribution in [0.3, 0.4) is 0 Å². The third-order valence-electron chi connectivity index (χ3n) is 4.58. The van der Waals surface area contributed by atoms with Crippen molar-refractivity contribution in [1.29, 1.82) is 0 Å². The van der Waals surface area contributed by atoms with Gasteiger partial charge in [0.2, 0.25) is 0 Å². The summed E-state index contributed by atoms with van der Waals surface area (Å²) >= 11 is 12.1. The van der Waals surface area contributed by atoms with Gasteiger partial charge in [-0.1, -0.05) is 35.3 Å². The van der Waals surface area contributed by atoms with Crippen LogP contribution < -0.4 is 15.5 Å². The number of benzene rings is 1. The van der Waals surface area contributed by atoms with E-state index in [4.69, 9.17) is 23.2 Å². The largest absolute Gasteiger partial charge is 0.356 e. The van der Waals surface area contributed by atoms with Crippen molar-refractivity contribution in [2.75, 3.05) is 18.0 Å². The maximum Gasteiger partial charge on any atom is 0.315 e. The predicted octanol–water partition coefficient (Wildman–Crippen LogP) is 4.42. The van der Waals surface area contributed by atoms with Crippen molar-refractivity contribution in [3.05, 3.63) is 58.2 Å². The van der Waals surface area contributed by atoms with Crippen LogP contribution in [0.1, 0.15) is 31.4 Å². The van der Waals surface area contributed by atoms with Crippen molar-refractivity contribution in [2.45, 2.75) is 31.8 Å². The highest BCUT2D eigenvalue weighted by Gasteiger charge is 2.22. The first kappa shape index (κ1) is 18.8. The van der Waals surface area contributed by atoms with Crippen LogP contribution in [0.25, 0.3) is 0 Å². The van der Waals surface area contributed by atoms with Crippen molar-refractivity contribution < 1.29 is 4.79 Å². The molecule has 138 valence electrons. The molecule has 5 nitrogen and oxygen atoms in total. The van der Waals surface area contributed by atoms with Crippen LogP contribution in [-0.2, 0) is 0 Å². The fourth-order valence-electron chi connectivity index (χ4n) is 3.15. The summed E-state index contributed by atoms with van der Waals surface area (Å²) in [6.07, 6.45) is 3.58. The maximum absolute atomic E-state index is 12.3. The number of carbonyl (C=O) groups excluding carboxylic acids is 1. The zero-order valence-electron chi connectivity index (χ0n) is 14.6. The minimum Gasteiger partial charge on any atom is -0.356 e. The van der Waals surface area contributed by atoms with Gasteiger partial charge < -0.3 is 15.5 Å². The molecule has 1 aliphatic rings. The molecule has 1 aliphatic heterocycles. The van der Waals surface area contributed by atoms with Crippen LogP contribution >= 0.6 is 23.2 Å². The molecule has 0 aliphatic carbocycles. The van der Waals surface area contributed by atoms with Gasteiger partial charge in [0.25, 0.3) is 0 Å². The van der Waals surface area contributed by atoms with Crippen molar-refractivity contribution in [3.8, 4) is 0 Å². The van der Waals surface area contributed by atoms with Crippen molar-refractivity contribution in [3.63, 3.8) is 0 Å². The number of aromatic nitrogens is 1. The number of rotatable bonds is 4. The molecule has 0 saturated carbocycles. The van der Waals surface area contributed by atoms with Crippen molar-refractivity contribution in [1.82, 2.24) is 15.6 Å². The topological polar surface area (TPSA) is 57.3 Å². The Balaban J connectivity index is 1.48. The smallest absolute Gasteiger partial charge is 0.315 e. The van der Waals surface area contributed by atoms with E-state index in [0.29, 0.717) is 10.0 Å². The molecule has 3 rings (SSSR count). The number of hydrogen-bond acceptors (Lipinski definition) is 3. The van der Waals surface area contributed by atoms with Gasteiger partial charge in [0.15, 0.2) is 0 Å². The SMILES string of the molecule is C[C@@H](NC(=O)NC1CCN(c2ccccn2)CC1)c1ccc(Cl)cc1Cl. The van der Waals surface area contributed by atoms with Crippen molar-refractivity contribution >= 4 is 35.1 Å². The zero-order chi connectivity index (χ0) is 18.5. The molecule has 2 amide bonds. The minimum absolute atomic E-state index is 0.155. The lowest BCUT2D eigenvalue weighted by molar-refractivity contribution is 0.231. The van der Waals surface area contributed by atoms with Crippen LogP contribution in [0.5, 0.6) is 0 Å². The van der Waals surface area contributed by atoms with E-state index in [1.807, 2.05) is 31.2 Å². The standard InChI is InChI=1S/C19H22Cl2N4O/c1-13(16-6-5-14(20)12-17(16)21)23-19(26)24-15-7-10-25(11-8-15)18-4-2-3-9-22-18/h2-6,9,12-13,15H,7-8,10-11H2,1H3,(H2,23,24,26)/t13-/m1/s1. The summed E-state index contributed by atoms with van der Waals surface area (Å²) < 4.78 is 0. The molecule has 1 saturated heterocycles. The van der Waals surface area contributed by atoms with Gasteiger partial charge in [0.05, 0.1) is 6.04 Å². The van der Waals surface area contributed by atoms with Gasteiger partial charge in [0, 0.05) is 35.4 Å². The molecule has 1 fully saturated rings. The second-order valence-corrected chi connectivity index (χ2v) is 7.30. The highest BCUT2D eigenvalue weighted by Crippen LogP contribution is 2.26. The average Bonchev–Trinajstić information content (AvgIpc) is 2.63. The van der Waals surface area contributed by atoms with E-state index in [1.54, 1.807) is 18.3 Å². The summed E-state index contributed by atoms with van der Waals surface area (Å²) in [5, 5.41) is 7.13. The number of pyridine rings is 1. The fourth-order valence-corrected chi connectivity index (χ4v) is 3.72. The summed E-state index contributed by atoms with van der Waals surface area (Å²) in [5.41, 5.74) is 0.844. The van der Waals surface area contributed by atoms with E-state index >= 15 is 0 Å². The Morgan fingerprint density at radius 1 is 1.23 bits per heavy atom. The maximum atomic E-state index is 12.3. The number of carbonyl (C=O) groups is 1. The minimum atomic E-state index is -0.201. The first-order chi connectivity index (χ1) is 12.5. The molecular weight excluding hydrogens is 371 g/mol. The molecular formula is C19H22Cl2N4O. The Kier molecular flexibility index (Phi) is 6.22. The fraction of sp³-hybridized carbons (Fsp3) is 0.368. The Hall–Kier alpha value is -1.98. The summed E-state index contributed by atoms with van der Waals surface area (Å²) in [6, 6.07) is 11.0. The summed E-state index contributed by atoms with van der Waals surface area (Å²) in [6.45, 7) is 3.65. The Bertz CT molecular complexity index is 748. The number of halogens is 2. The lowest BCUT2D eigenvalue weighted by Gasteiger charge is -2.33. The number of nitrogens with zero attached hydrogens (tertiary/aromatic N) is 2. The average molecular weight is 393 g/mol. The highest BCUT2D eigenvalue weighted by molar-refractivity contribution is 6.35. The van der Waals surface area contributed by atoms with Crippen LogP contribution in [0.4, 0.5) is 10.6 Å². The third kappa shape index (κ3) is 4.80. The molecule has 0 bridgehead atoms. The van der Waals surface area contributed by atoms with E-state index in [9.17, 15) is 4.79 Å². The number of piperidine rings is 1. The first-order valence-electron chi connectivity index (χ1n) is 8.71. The molecule has 7 heteroatoms. The number of nitrogens with one attached hydrogen (secondary N) is 2. The zero-order valence-corrected chi connectivity index (χ0v) is 16.1. The second-order valence-electron chi connectivity index (χ2n) is 6.45. The normalized spacial score (nSPS) is 16.2. The van der Waals surface area contributed by atoms with Gasteiger partial charge in [-0.15, -0.1) is 0 Å². The van der Waals surface area contributed by atoms with Gasteiger partial charge in [-0.3, -0.25) is 0 Å². The van der Waals surface area contributed by atoms with Gasteiger partial charge in [-0.05, 0) is 49.6 Å². The molecule has 2 aromatic rings. The molecule has 26 heavy (non-hydrogen) atoms. The van der Waals surface area contributed by atoms with Crippen LogP contribution in [0.15, 0.2) is 42.6 Å². The summed E-state index contributed by atoms with van der Waals surface area (Å²) in [4.78, 5) is 18.9. The van der Waals surface area contributed by atoms with E-state index in [2.05, 4.69) is 20.5 Å². The number of amides is 2. The Morgan fingerprint density at radius 2 is 2.00 bits per heavy atom. The molecule has 0 unspecified atom stereocenters. The van der Waals surface area contributed by atoms with Crippen LogP contribution in [0.2, 0.25) is 10.0 Å². The molecule has 1 aromatic heterocycles. The Morgan fingerprint density at radius 3 is 2.65 bits per heavy atom. The predicted molar refractivity (Wildman–Crippen MR) is 106 cm³/mol. The molecule has 2 N–H and O–H groups in total. The van der Waals surface area contributed by atoms with Gasteiger partial charge >= 0.3 is 6.03 Å². The van der Waals surface area contributed by atoms with Gasteiger partial charge in [-0.2, -0.15) is 0 Å². The first-order valence-corrected chi connectivity index (χ1v) is 9.46. The highest BCUT2D eigenvalue weighted by atomic mass is 35.5. The third-order valence-corrected chi connectivity index (χ3v) is 5.14. The number of anilines is 1. The number of urea groups is 1. The quantitative estimate of drug-likeness (QED) is 0.809. The van der Waals surface area contributed by atoms with Crippen LogP contribution in [0, 0.1) is 0 Å². The molecule has 2 heterocycles. The second kappa shape index (κ2) is 8.60. The molecule has 1 atom stereocenters. The number of hydrogen-bond donors (Lipinski definition) is 2. The van der Waals surface area contributed by atoms with E-state index in [-0.39, 0.29) is 18.1 Å².